The van der Waals surface area contributed by atoms with Gasteiger partial charge in [0, 0.05) is 28.7 Å². The molecule has 7 nitrogen and oxygen atoms in total. The van der Waals surface area contributed by atoms with Crippen LogP contribution in [0.15, 0.2) is 60.7 Å². The Morgan fingerprint density at radius 2 is 1.76 bits per heavy atom. The third-order valence-corrected chi connectivity index (χ3v) is 6.83. The first-order valence-electron chi connectivity index (χ1n) is 13.0. The van der Waals surface area contributed by atoms with Gasteiger partial charge < -0.3 is 29.2 Å². The summed E-state index contributed by atoms with van der Waals surface area (Å²) in [6, 6.07) is 19.4. The SMILES string of the molecule is COc1ccc2[nH]c3c(c2c1)CCN[C@H]3c1ccc(OC)c(COc2ccc(C(=O)OCC(C)C)cc2)c1. The van der Waals surface area contributed by atoms with Crippen LogP contribution in [0.5, 0.6) is 17.2 Å². The molecule has 0 amide bonds. The summed E-state index contributed by atoms with van der Waals surface area (Å²) < 4.78 is 22.5. The number of aromatic nitrogens is 1. The van der Waals surface area contributed by atoms with Crippen molar-refractivity contribution in [1.29, 1.82) is 0 Å². The lowest BCUT2D eigenvalue weighted by Crippen LogP contribution is -2.30. The average Bonchev–Trinajstić information content (AvgIpc) is 3.33. The van der Waals surface area contributed by atoms with Crippen molar-refractivity contribution >= 4 is 16.9 Å². The molecule has 0 radical (unpaired) electrons. The van der Waals surface area contributed by atoms with E-state index in [1.54, 1.807) is 38.5 Å². The molecule has 1 aliphatic rings. The molecule has 1 aromatic heterocycles. The molecule has 2 N–H and O–H groups in total. The van der Waals surface area contributed by atoms with E-state index < -0.39 is 0 Å². The highest BCUT2D eigenvalue weighted by atomic mass is 16.5. The maximum absolute atomic E-state index is 12.2. The van der Waals surface area contributed by atoms with E-state index in [1.165, 1.54) is 16.6 Å². The molecule has 0 unspecified atom stereocenters. The summed E-state index contributed by atoms with van der Waals surface area (Å²) in [5, 5.41) is 4.87. The number of H-pyrrole nitrogens is 1. The number of hydrogen-bond donors (Lipinski definition) is 2. The normalized spacial score (nSPS) is 14.8. The summed E-state index contributed by atoms with van der Waals surface area (Å²) >= 11 is 0. The lowest BCUT2D eigenvalue weighted by Gasteiger charge is -2.25. The number of methoxy groups -OCH3 is 2. The number of nitrogens with one attached hydrogen (secondary N) is 2. The third-order valence-electron chi connectivity index (χ3n) is 6.83. The van der Waals surface area contributed by atoms with E-state index in [0.29, 0.717) is 30.4 Å². The van der Waals surface area contributed by atoms with Gasteiger partial charge in [0.15, 0.2) is 0 Å². The molecule has 5 rings (SSSR count). The van der Waals surface area contributed by atoms with Gasteiger partial charge in [0.1, 0.15) is 23.9 Å². The average molecular weight is 515 g/mol. The van der Waals surface area contributed by atoms with Crippen LogP contribution >= 0.6 is 0 Å². The van der Waals surface area contributed by atoms with Crippen molar-refractivity contribution in [2.24, 2.45) is 5.92 Å². The quantitative estimate of drug-likeness (QED) is 0.274. The Morgan fingerprint density at radius 1 is 0.974 bits per heavy atom. The molecule has 4 aromatic rings. The Morgan fingerprint density at radius 3 is 2.50 bits per heavy atom. The van der Waals surface area contributed by atoms with Gasteiger partial charge in [-0.2, -0.15) is 0 Å². The number of ether oxygens (including phenoxy) is 4. The molecule has 1 atom stereocenters. The Balaban J connectivity index is 1.35. The molecule has 1 aliphatic heterocycles. The summed E-state index contributed by atoms with van der Waals surface area (Å²) in [7, 11) is 3.36. The molecule has 3 aromatic carbocycles. The number of hydrogen-bond acceptors (Lipinski definition) is 6. The maximum atomic E-state index is 12.2. The molecule has 0 fully saturated rings. The molecule has 7 heteroatoms. The lowest BCUT2D eigenvalue weighted by molar-refractivity contribution is 0.0459. The van der Waals surface area contributed by atoms with Crippen LogP contribution < -0.4 is 19.5 Å². The first-order chi connectivity index (χ1) is 18.5. The second-order valence-corrected chi connectivity index (χ2v) is 9.94. The molecular formula is C31H34N2O5. The minimum atomic E-state index is -0.325. The van der Waals surface area contributed by atoms with E-state index in [2.05, 4.69) is 34.6 Å². The molecule has 0 aliphatic carbocycles. The molecule has 38 heavy (non-hydrogen) atoms. The number of rotatable bonds is 9. The molecule has 0 spiro atoms. The van der Waals surface area contributed by atoms with Gasteiger partial charge in [-0.25, -0.2) is 4.79 Å². The molecule has 0 saturated heterocycles. The smallest absolute Gasteiger partial charge is 0.338 e. The largest absolute Gasteiger partial charge is 0.497 e. The molecule has 0 bridgehead atoms. The topological polar surface area (TPSA) is 81.8 Å². The van der Waals surface area contributed by atoms with Crippen LogP contribution in [-0.2, 0) is 17.8 Å². The van der Waals surface area contributed by atoms with Crippen LogP contribution in [0.1, 0.15) is 52.6 Å². The first-order valence-corrected chi connectivity index (χ1v) is 13.0. The van der Waals surface area contributed by atoms with Crippen LogP contribution in [-0.4, -0.2) is 38.3 Å². The highest BCUT2D eigenvalue weighted by Gasteiger charge is 2.26. The molecule has 0 saturated carbocycles. The van der Waals surface area contributed by atoms with Crippen LogP contribution in [0.3, 0.4) is 0 Å². The van der Waals surface area contributed by atoms with E-state index in [0.717, 1.165) is 41.1 Å². The van der Waals surface area contributed by atoms with E-state index in [-0.39, 0.29) is 12.0 Å². The van der Waals surface area contributed by atoms with Crippen LogP contribution in [0.4, 0.5) is 0 Å². The van der Waals surface area contributed by atoms with Gasteiger partial charge in [-0.05, 0) is 78.1 Å². The fraction of sp³-hybridized carbons (Fsp3) is 0.323. The summed E-state index contributed by atoms with van der Waals surface area (Å²) in [6.07, 6.45) is 0.951. The van der Waals surface area contributed by atoms with Gasteiger partial charge in [-0.3, -0.25) is 0 Å². The third kappa shape index (κ3) is 5.34. The van der Waals surface area contributed by atoms with Crippen molar-refractivity contribution in [3.05, 3.63) is 88.6 Å². The second-order valence-electron chi connectivity index (χ2n) is 9.94. The van der Waals surface area contributed by atoms with Gasteiger partial charge in [0.25, 0.3) is 0 Å². The van der Waals surface area contributed by atoms with Gasteiger partial charge in [0.05, 0.1) is 32.4 Å². The van der Waals surface area contributed by atoms with Gasteiger partial charge >= 0.3 is 5.97 Å². The Hall–Kier alpha value is -3.97. The standard InChI is InChI=1S/C31H34N2O5/c1-19(2)17-38-31(34)20-5-8-23(9-6-20)37-18-22-15-21(7-12-28(22)36-4)29-30-25(13-14-32-29)26-16-24(35-3)10-11-27(26)33-30/h5-12,15-16,19,29,32-33H,13-14,17-18H2,1-4H3/t29-/m0/s1. The zero-order valence-electron chi connectivity index (χ0n) is 22.3. The fourth-order valence-electron chi connectivity index (χ4n) is 4.88. The number of fused-ring (bicyclic) bond motifs is 3. The van der Waals surface area contributed by atoms with E-state index in [1.807, 2.05) is 26.0 Å². The van der Waals surface area contributed by atoms with Crippen molar-refractivity contribution in [3.8, 4) is 17.2 Å². The number of esters is 1. The van der Waals surface area contributed by atoms with E-state index in [9.17, 15) is 4.79 Å². The van der Waals surface area contributed by atoms with Gasteiger partial charge in [0.2, 0.25) is 0 Å². The Bertz CT molecular complexity index is 1420. The number of carbonyl (C=O) groups is 1. The van der Waals surface area contributed by atoms with Crippen molar-refractivity contribution in [3.63, 3.8) is 0 Å². The predicted molar refractivity (Wildman–Crippen MR) is 147 cm³/mol. The predicted octanol–water partition coefficient (Wildman–Crippen LogP) is 5.81. The van der Waals surface area contributed by atoms with Gasteiger partial charge in [-0.15, -0.1) is 0 Å². The monoisotopic (exact) mass is 514 g/mol. The Labute approximate surface area is 223 Å². The van der Waals surface area contributed by atoms with Crippen molar-refractivity contribution in [2.45, 2.75) is 32.9 Å². The Kier molecular flexibility index (Phi) is 7.56. The van der Waals surface area contributed by atoms with Crippen molar-refractivity contribution < 1.29 is 23.7 Å². The van der Waals surface area contributed by atoms with Crippen LogP contribution in [0.25, 0.3) is 10.9 Å². The van der Waals surface area contributed by atoms with Crippen molar-refractivity contribution in [1.82, 2.24) is 10.3 Å². The minimum absolute atomic E-state index is 0.0259. The summed E-state index contributed by atoms with van der Waals surface area (Å²) in [4.78, 5) is 15.8. The number of benzene rings is 3. The fourth-order valence-corrected chi connectivity index (χ4v) is 4.88. The maximum Gasteiger partial charge on any atom is 0.338 e. The van der Waals surface area contributed by atoms with Gasteiger partial charge in [-0.1, -0.05) is 19.9 Å². The zero-order chi connectivity index (χ0) is 26.6. The summed E-state index contributed by atoms with van der Waals surface area (Å²) in [5.74, 6) is 2.26. The lowest BCUT2D eigenvalue weighted by atomic mass is 9.93. The summed E-state index contributed by atoms with van der Waals surface area (Å²) in [6.45, 7) is 5.63. The first kappa shape index (κ1) is 25.7. The second kappa shape index (κ2) is 11.2. The number of aromatic amines is 1. The van der Waals surface area contributed by atoms with E-state index >= 15 is 0 Å². The van der Waals surface area contributed by atoms with E-state index in [4.69, 9.17) is 18.9 Å². The molecule has 198 valence electrons. The van der Waals surface area contributed by atoms with Crippen LogP contribution in [0.2, 0.25) is 0 Å². The highest BCUT2D eigenvalue weighted by Crippen LogP contribution is 2.36. The molecular weight excluding hydrogens is 480 g/mol. The minimum Gasteiger partial charge on any atom is -0.497 e. The number of carbonyl (C=O) groups excluding carboxylic acids is 1. The van der Waals surface area contributed by atoms with Crippen LogP contribution in [0, 0.1) is 5.92 Å². The summed E-state index contributed by atoms with van der Waals surface area (Å²) in [5.41, 5.74) is 6.19. The zero-order valence-corrected chi connectivity index (χ0v) is 22.3. The highest BCUT2D eigenvalue weighted by molar-refractivity contribution is 5.89. The molecule has 2 heterocycles. The van der Waals surface area contributed by atoms with Crippen molar-refractivity contribution in [2.75, 3.05) is 27.4 Å².